The van der Waals surface area contributed by atoms with E-state index in [0.29, 0.717) is 89.0 Å². The second kappa shape index (κ2) is 61.5. The van der Waals surface area contributed by atoms with Crippen LogP contribution >= 0.6 is 47.0 Å². The van der Waals surface area contributed by atoms with E-state index in [0.717, 1.165) is 0 Å². The van der Waals surface area contributed by atoms with Crippen LogP contribution in [-0.2, 0) is 95.0 Å². The van der Waals surface area contributed by atoms with E-state index in [-0.39, 0.29) is 205 Å². The molecule has 4 fully saturated rings. The largest absolute Gasteiger partial charge is 0.505 e. The third-order valence-corrected chi connectivity index (χ3v) is 28.5. The molecule has 24 atom stereocenters. The summed E-state index contributed by atoms with van der Waals surface area (Å²) in [5, 5.41) is 197. The Balaban J connectivity index is 0.000000219. The highest BCUT2D eigenvalue weighted by Crippen LogP contribution is 2.40. The number of Topliss-reactive ketones (excluding diaryl/α,β-unsaturated/α-hetero) is 4. The number of ether oxygens (including phenoxy) is 20. The number of nitrogens with zero attached hydrogens (tertiary/aromatic N) is 8. The summed E-state index contributed by atoms with van der Waals surface area (Å²) in [6.07, 6.45) is -20.5. The summed E-state index contributed by atoms with van der Waals surface area (Å²) in [6.45, 7) is 16.0. The molecule has 0 spiro atoms. The summed E-state index contributed by atoms with van der Waals surface area (Å²) in [5.74, 6) is 2.97. The van der Waals surface area contributed by atoms with Crippen LogP contribution in [0.25, 0.3) is 0 Å². The topological polar surface area (TPSA) is 758 Å². The van der Waals surface area contributed by atoms with Crippen LogP contribution in [0.4, 0.5) is 0 Å². The van der Waals surface area contributed by atoms with E-state index in [1.54, 1.807) is 27.7 Å². The van der Waals surface area contributed by atoms with Crippen molar-refractivity contribution in [3.05, 3.63) is 71.8 Å². The van der Waals surface area contributed by atoms with Crippen LogP contribution < -0.4 is 18.9 Å². The van der Waals surface area contributed by atoms with Gasteiger partial charge in [0.25, 0.3) is 0 Å². The van der Waals surface area contributed by atoms with E-state index in [9.17, 15) is 101 Å². The first-order valence-electron chi connectivity index (χ1n) is 47.2. The van der Waals surface area contributed by atoms with E-state index in [1.807, 2.05) is 0 Å². The molecule has 8 aliphatic heterocycles. The van der Waals surface area contributed by atoms with Crippen LogP contribution in [0.3, 0.4) is 0 Å². The van der Waals surface area contributed by atoms with Gasteiger partial charge in [0.1, 0.15) is 235 Å². The minimum Gasteiger partial charge on any atom is -0.505 e. The Morgan fingerprint density at radius 1 is 0.277 bits per heavy atom. The first kappa shape index (κ1) is 124. The number of aliphatic imine (C=N–C) groups is 4. The molecule has 52 nitrogen and oxygen atoms in total. The minimum absolute atomic E-state index is 0.0405. The van der Waals surface area contributed by atoms with E-state index in [1.165, 1.54) is 124 Å². The average molecular weight is 2190 g/mol. The van der Waals surface area contributed by atoms with E-state index < -0.39 is 171 Å². The van der Waals surface area contributed by atoms with Gasteiger partial charge in [0.05, 0.1) is 183 Å². The number of aliphatic hydroxyl groups excluding tert-OH is 16. The number of carbonyl (C=O) groups excluding carboxylic acids is 4. The van der Waals surface area contributed by atoms with Crippen LogP contribution in [0.15, 0.2) is 69.0 Å². The zero-order valence-electron chi connectivity index (χ0n) is 82.7. The predicted octanol–water partition coefficient (Wildman–Crippen LogP) is -4.57. The molecule has 0 amide bonds. The van der Waals surface area contributed by atoms with Gasteiger partial charge < -0.3 is 197 Å². The van der Waals surface area contributed by atoms with Gasteiger partial charge >= 0.3 is 0 Å². The zero-order valence-corrected chi connectivity index (χ0v) is 86.0. The van der Waals surface area contributed by atoms with Crippen molar-refractivity contribution in [1.82, 2.24) is 19.9 Å². The molecule has 0 saturated carbocycles. The summed E-state index contributed by atoms with van der Waals surface area (Å²) in [7, 11) is 0. The number of hydrogen-bond donors (Lipinski definition) is 20. The van der Waals surface area contributed by atoms with Crippen molar-refractivity contribution in [1.29, 1.82) is 0 Å². The van der Waals surface area contributed by atoms with Gasteiger partial charge in [0.2, 0.25) is 0 Å². The van der Waals surface area contributed by atoms with Gasteiger partial charge in [0.15, 0.2) is 48.3 Å². The number of aliphatic hydroxyl groups is 16. The van der Waals surface area contributed by atoms with Gasteiger partial charge in [-0.2, -0.15) is 0 Å². The van der Waals surface area contributed by atoms with Gasteiger partial charge in [-0.25, -0.2) is 19.9 Å². The van der Waals surface area contributed by atoms with E-state index >= 15 is 0 Å². The van der Waals surface area contributed by atoms with Crippen molar-refractivity contribution in [2.24, 2.45) is 20.0 Å². The number of hydrogen-bond acceptors (Lipinski definition) is 56. The SMILES string of the molecule is CC(=O)[C@@]1(C)CSC(c2ncc(OCCOCCOCCO[C@@H]3OC(CO)[C@@H](O)[C@@H](O)C3O)cc2O)=N1.CC(=O)[C@@]1(C)CSC(c2ncc(OCCOCCOCCO[C@@H]3OC(CO)[C@H](O)[C@H](O)C3O)cc2O)=N1.CC(=O)[C@@]1(C)CSC(c2ncc(OCCOCCOCCO[C@H]3OC(CO)[C@@H](O)[C@@H](O)C3O)cc2O)=N1.CC(=O)[C@@]1(C)CSC(c2ncc(OCCOCCOCCO[C@H]3OC(CO)[C@H](O)[C@H](O)C3O)cc2O)=N1. The molecule has 4 aromatic heterocycles. The van der Waals surface area contributed by atoms with Crippen LogP contribution in [-0.4, -0.2) is 518 Å². The molecule has 0 aromatic carbocycles. The third kappa shape index (κ3) is 36.3. The van der Waals surface area contributed by atoms with Gasteiger partial charge in [-0.1, -0.05) is 0 Å². The second-order valence-electron chi connectivity index (χ2n) is 34.9. The molecule has 8 unspecified atom stereocenters. The van der Waals surface area contributed by atoms with Crippen molar-refractivity contribution < 1.29 is 216 Å². The van der Waals surface area contributed by atoms with Gasteiger partial charge in [-0.15, -0.1) is 47.0 Å². The van der Waals surface area contributed by atoms with Crippen molar-refractivity contribution in [2.45, 2.75) is 200 Å². The Hall–Kier alpha value is -7.52. The highest BCUT2D eigenvalue weighted by Gasteiger charge is 2.49. The number of carbonyl (C=O) groups is 4. The van der Waals surface area contributed by atoms with Crippen LogP contribution in [0, 0.1) is 0 Å². The number of aromatic hydroxyl groups is 4. The molecule has 20 N–H and O–H groups in total. The highest BCUT2D eigenvalue weighted by molar-refractivity contribution is 8.15. The molecule has 0 bridgehead atoms. The third-order valence-electron chi connectivity index (χ3n) is 23.5. The van der Waals surface area contributed by atoms with Crippen LogP contribution in [0.2, 0.25) is 0 Å². The maximum absolute atomic E-state index is 11.8. The summed E-state index contributed by atoms with van der Waals surface area (Å²) in [4.78, 5) is 81.7. The number of aromatic nitrogens is 4. The number of rotatable bonds is 56. The summed E-state index contributed by atoms with van der Waals surface area (Å²) >= 11 is 5.49. The Kier molecular flexibility index (Phi) is 51.5. The van der Waals surface area contributed by atoms with E-state index in [2.05, 4.69) is 39.9 Å². The smallest absolute Gasteiger partial charge is 0.186 e. The molecule has 56 heteroatoms. The van der Waals surface area contributed by atoms with Crippen LogP contribution in [0.5, 0.6) is 46.0 Å². The molecular formula is C92H136N8O44S4. The molecule has 4 aromatic rings. The standard InChI is InChI=1S/4C23H34N2O11S/c4*1-13(27)23(2)12-37-21(25-23)17-15(28)9-14(10-24-17)34-7-5-32-3-4-33-6-8-35-22-20(31)19(30)18(29)16(11-26)36-22/h4*9-10,16,18-20,22,26,28-31H,3-8,11-12H2,1-2H3/t16?,18-,19-,20?,22+,23+;16?,18-,19-,20?,22+,23-;16?,18-,19-,20?,22-,23+;16?,18-,19-,20?,22-,23-/m0101/s1. The number of ketones is 4. The summed E-state index contributed by atoms with van der Waals surface area (Å²) in [5.41, 5.74) is -1.97. The Morgan fingerprint density at radius 2 is 0.446 bits per heavy atom. The molecule has 832 valence electrons. The molecule has 148 heavy (non-hydrogen) atoms. The Bertz CT molecular complexity index is 4330. The maximum Gasteiger partial charge on any atom is 0.186 e. The van der Waals surface area contributed by atoms with Gasteiger partial charge in [-0.05, 0) is 55.4 Å². The Labute approximate surface area is 868 Å². The molecule has 4 saturated heterocycles. The second-order valence-corrected chi connectivity index (χ2v) is 38.7. The van der Waals surface area contributed by atoms with Crippen molar-refractivity contribution in [3.8, 4) is 46.0 Å². The summed E-state index contributed by atoms with van der Waals surface area (Å²) in [6, 6.07) is 5.75. The molecule has 12 heterocycles. The molecule has 0 radical (unpaired) electrons. The monoisotopic (exact) mass is 2180 g/mol. The lowest BCUT2D eigenvalue weighted by Gasteiger charge is -2.39. The molecule has 12 rings (SSSR count). The lowest BCUT2D eigenvalue weighted by atomic mass is 9.99. The lowest BCUT2D eigenvalue weighted by molar-refractivity contribution is -0.302. The average Bonchev–Trinajstić information content (AvgIpc) is 1.76. The highest BCUT2D eigenvalue weighted by atomic mass is 32.2. The fourth-order valence-corrected chi connectivity index (χ4v) is 18.8. The van der Waals surface area contributed by atoms with Crippen LogP contribution in [0.1, 0.15) is 78.2 Å². The fraction of sp³-hybridized carbons (Fsp3) is 0.696. The Morgan fingerprint density at radius 3 is 0.601 bits per heavy atom. The lowest BCUT2D eigenvalue weighted by Crippen LogP contribution is -2.59. The molecular weight excluding hydrogens is 2050 g/mol. The fourth-order valence-electron chi connectivity index (χ4n) is 13.8. The first-order valence-corrected chi connectivity index (χ1v) is 51.1. The molecule has 0 aliphatic carbocycles. The normalized spacial score (nSPS) is 29.8. The quantitative estimate of drug-likeness (QED) is 0.0185. The number of pyridine rings is 4. The van der Waals surface area contributed by atoms with Gasteiger partial charge in [-0.3, -0.25) is 39.1 Å². The maximum atomic E-state index is 11.8. The van der Waals surface area contributed by atoms with E-state index in [4.69, 9.17) is 115 Å². The minimum atomic E-state index is -1.49. The van der Waals surface area contributed by atoms with Crippen molar-refractivity contribution in [2.75, 3.05) is 208 Å². The first-order chi connectivity index (χ1) is 70.6. The summed E-state index contributed by atoms with van der Waals surface area (Å²) < 4.78 is 108. The molecule has 8 aliphatic rings. The van der Waals surface area contributed by atoms with Crippen molar-refractivity contribution in [3.63, 3.8) is 0 Å². The van der Waals surface area contributed by atoms with Gasteiger partial charge in [0, 0.05) is 47.3 Å². The van der Waals surface area contributed by atoms with Crippen molar-refractivity contribution >= 4 is 90.4 Å². The predicted molar refractivity (Wildman–Crippen MR) is 523 cm³/mol. The number of thioether (sulfide) groups is 4. The zero-order chi connectivity index (χ0) is 108.